The van der Waals surface area contributed by atoms with E-state index in [1.807, 2.05) is 18.2 Å². The highest BCUT2D eigenvalue weighted by molar-refractivity contribution is 9.10. The lowest BCUT2D eigenvalue weighted by Crippen LogP contribution is -2.13. The second-order valence-corrected chi connectivity index (χ2v) is 8.31. The summed E-state index contributed by atoms with van der Waals surface area (Å²) in [5.41, 5.74) is 1.81. The molecule has 4 aromatic rings. The van der Waals surface area contributed by atoms with Gasteiger partial charge in [-0.3, -0.25) is 9.48 Å². The van der Waals surface area contributed by atoms with Gasteiger partial charge in [-0.05, 0) is 57.9 Å². The van der Waals surface area contributed by atoms with E-state index >= 15 is 0 Å². The summed E-state index contributed by atoms with van der Waals surface area (Å²) >= 11 is 9.37. The molecule has 162 valence electrons. The van der Waals surface area contributed by atoms with Crippen molar-refractivity contribution in [2.24, 2.45) is 0 Å². The van der Waals surface area contributed by atoms with Gasteiger partial charge in [0.15, 0.2) is 5.82 Å². The smallest absolute Gasteiger partial charge is 0.256 e. The number of anilines is 1. The van der Waals surface area contributed by atoms with Crippen LogP contribution in [-0.2, 0) is 13.2 Å². The number of benzene rings is 3. The topological polar surface area (TPSA) is 56.2 Å². The van der Waals surface area contributed by atoms with Crippen LogP contribution < -0.4 is 10.1 Å². The first-order valence-corrected chi connectivity index (χ1v) is 10.9. The molecule has 0 radical (unpaired) electrons. The van der Waals surface area contributed by atoms with Crippen LogP contribution in [0.2, 0.25) is 5.02 Å². The van der Waals surface area contributed by atoms with Gasteiger partial charge >= 0.3 is 0 Å². The number of halogens is 3. The average molecular weight is 515 g/mol. The van der Waals surface area contributed by atoms with Crippen LogP contribution in [0, 0.1) is 5.82 Å². The second-order valence-electron chi connectivity index (χ2n) is 7.02. The summed E-state index contributed by atoms with van der Waals surface area (Å²) in [7, 11) is 0. The van der Waals surface area contributed by atoms with Gasteiger partial charge in [-0.1, -0.05) is 48.0 Å². The fourth-order valence-corrected chi connectivity index (χ4v) is 3.66. The molecule has 0 aliphatic heterocycles. The molecule has 0 aliphatic carbocycles. The molecule has 1 N–H and O–H groups in total. The zero-order valence-electron chi connectivity index (χ0n) is 16.8. The lowest BCUT2D eigenvalue weighted by atomic mass is 10.1. The molecule has 1 heterocycles. The number of carbonyl (C=O) groups is 1. The third-order valence-corrected chi connectivity index (χ3v) is 5.45. The second kappa shape index (κ2) is 9.97. The molecule has 0 spiro atoms. The van der Waals surface area contributed by atoms with Crippen molar-refractivity contribution in [3.05, 3.63) is 111 Å². The van der Waals surface area contributed by atoms with Crippen molar-refractivity contribution in [2.75, 3.05) is 5.32 Å². The molecule has 1 amide bonds. The molecule has 0 aliphatic rings. The predicted molar refractivity (Wildman–Crippen MR) is 126 cm³/mol. The van der Waals surface area contributed by atoms with Crippen molar-refractivity contribution in [3.8, 4) is 5.75 Å². The molecule has 32 heavy (non-hydrogen) atoms. The molecule has 0 fully saturated rings. The zero-order chi connectivity index (χ0) is 22.5. The minimum atomic E-state index is -0.313. The number of ether oxygens (including phenoxy) is 1. The Balaban J connectivity index is 1.42. The van der Waals surface area contributed by atoms with Crippen molar-refractivity contribution in [3.63, 3.8) is 0 Å². The molecule has 0 bridgehead atoms. The van der Waals surface area contributed by atoms with E-state index in [4.69, 9.17) is 16.3 Å². The molecular weight excluding hydrogens is 497 g/mol. The lowest BCUT2D eigenvalue weighted by Gasteiger charge is -2.08. The maximum atomic E-state index is 13.9. The maximum Gasteiger partial charge on any atom is 0.256 e. The van der Waals surface area contributed by atoms with Crippen molar-refractivity contribution in [1.82, 2.24) is 9.78 Å². The third kappa shape index (κ3) is 5.55. The highest BCUT2D eigenvalue weighted by Crippen LogP contribution is 2.23. The first kappa shape index (κ1) is 22.0. The fourth-order valence-electron chi connectivity index (χ4n) is 3.07. The van der Waals surface area contributed by atoms with Crippen molar-refractivity contribution < 1.29 is 13.9 Å². The summed E-state index contributed by atoms with van der Waals surface area (Å²) in [6, 6.07) is 20.8. The van der Waals surface area contributed by atoms with Gasteiger partial charge in [-0.15, -0.1) is 0 Å². The van der Waals surface area contributed by atoms with Crippen LogP contribution >= 0.6 is 27.5 Å². The van der Waals surface area contributed by atoms with Gasteiger partial charge in [-0.2, -0.15) is 5.10 Å². The summed E-state index contributed by atoms with van der Waals surface area (Å²) in [5.74, 6) is 0.386. The third-order valence-electron chi connectivity index (χ3n) is 4.63. The van der Waals surface area contributed by atoms with E-state index in [-0.39, 0.29) is 18.3 Å². The van der Waals surface area contributed by atoms with Crippen LogP contribution in [0.1, 0.15) is 21.5 Å². The number of rotatable bonds is 7. The van der Waals surface area contributed by atoms with Gasteiger partial charge in [0.2, 0.25) is 0 Å². The summed E-state index contributed by atoms with van der Waals surface area (Å²) < 4.78 is 21.8. The fraction of sp³-hybridized carbons (Fsp3) is 0.0833. The van der Waals surface area contributed by atoms with Gasteiger partial charge in [0.05, 0.1) is 11.0 Å². The summed E-state index contributed by atoms with van der Waals surface area (Å²) in [6.45, 7) is 0.542. The molecule has 8 heteroatoms. The van der Waals surface area contributed by atoms with Crippen LogP contribution in [0.15, 0.2) is 83.5 Å². The van der Waals surface area contributed by atoms with Crippen molar-refractivity contribution in [2.45, 2.75) is 13.2 Å². The van der Waals surface area contributed by atoms with Crippen LogP contribution in [0.25, 0.3) is 0 Å². The number of carbonyl (C=O) groups excluding carboxylic acids is 1. The normalized spacial score (nSPS) is 10.7. The minimum Gasteiger partial charge on any atom is -0.489 e. The number of nitrogens with one attached hydrogen (secondary N) is 1. The van der Waals surface area contributed by atoms with E-state index < -0.39 is 0 Å². The molecule has 3 aromatic carbocycles. The maximum absolute atomic E-state index is 13.9. The monoisotopic (exact) mass is 513 g/mol. The highest BCUT2D eigenvalue weighted by Gasteiger charge is 2.13. The summed E-state index contributed by atoms with van der Waals surface area (Å²) in [6.07, 6.45) is 1.69. The largest absolute Gasteiger partial charge is 0.489 e. The zero-order valence-corrected chi connectivity index (χ0v) is 19.1. The summed E-state index contributed by atoms with van der Waals surface area (Å²) in [5, 5.41) is 7.73. The quantitative estimate of drug-likeness (QED) is 0.314. The van der Waals surface area contributed by atoms with Gasteiger partial charge in [-0.25, -0.2) is 4.39 Å². The van der Waals surface area contributed by atoms with E-state index in [1.54, 1.807) is 59.4 Å². The minimum absolute atomic E-state index is 0.247. The van der Waals surface area contributed by atoms with Crippen LogP contribution in [0.3, 0.4) is 0 Å². The molecule has 5 nitrogen and oxygen atoms in total. The molecule has 0 saturated carbocycles. The van der Waals surface area contributed by atoms with Crippen molar-refractivity contribution in [1.29, 1.82) is 0 Å². The Morgan fingerprint density at radius 3 is 2.72 bits per heavy atom. The Morgan fingerprint density at radius 2 is 1.91 bits per heavy atom. The van der Waals surface area contributed by atoms with Gasteiger partial charge < -0.3 is 10.1 Å². The number of aromatic nitrogens is 2. The Kier molecular flexibility index (Phi) is 6.87. The van der Waals surface area contributed by atoms with Gasteiger partial charge in [0.25, 0.3) is 5.91 Å². The Bertz CT molecular complexity index is 1260. The van der Waals surface area contributed by atoms with Crippen molar-refractivity contribution >= 4 is 39.3 Å². The SMILES string of the molecule is O=C(Nc1nn(Cc2ccccc2F)cc1Br)c1cccc(COc2cccc(Cl)c2)c1. The first-order chi connectivity index (χ1) is 15.5. The Labute approximate surface area is 197 Å². The molecule has 0 unspecified atom stereocenters. The number of nitrogens with zero attached hydrogens (tertiary/aromatic N) is 2. The van der Waals surface area contributed by atoms with E-state index in [0.29, 0.717) is 38.8 Å². The van der Waals surface area contributed by atoms with E-state index in [2.05, 4.69) is 26.3 Å². The standard InChI is InChI=1S/C24H18BrClFN3O2/c25-21-14-30(13-18-6-1-2-10-22(18)27)29-23(21)28-24(31)17-7-3-5-16(11-17)15-32-20-9-4-8-19(26)12-20/h1-12,14H,13,15H2,(H,28,29,31). The Morgan fingerprint density at radius 1 is 1.09 bits per heavy atom. The van der Waals surface area contributed by atoms with Gasteiger partial charge in [0, 0.05) is 22.3 Å². The molecule has 1 aromatic heterocycles. The van der Waals surface area contributed by atoms with Crippen LogP contribution in [-0.4, -0.2) is 15.7 Å². The number of hydrogen-bond acceptors (Lipinski definition) is 3. The van der Waals surface area contributed by atoms with Gasteiger partial charge in [0.1, 0.15) is 18.2 Å². The average Bonchev–Trinajstić information content (AvgIpc) is 3.12. The van der Waals surface area contributed by atoms with Crippen LogP contribution in [0.4, 0.5) is 10.2 Å². The summed E-state index contributed by atoms with van der Waals surface area (Å²) in [4.78, 5) is 12.8. The lowest BCUT2D eigenvalue weighted by molar-refractivity contribution is 0.102. The molecular formula is C24H18BrClFN3O2. The molecule has 4 rings (SSSR count). The van der Waals surface area contributed by atoms with E-state index in [0.717, 1.165) is 5.56 Å². The first-order valence-electron chi connectivity index (χ1n) is 9.73. The highest BCUT2D eigenvalue weighted by atomic mass is 79.9. The molecule has 0 atom stereocenters. The number of amides is 1. The van der Waals surface area contributed by atoms with E-state index in [9.17, 15) is 9.18 Å². The van der Waals surface area contributed by atoms with Crippen LogP contribution in [0.5, 0.6) is 5.75 Å². The van der Waals surface area contributed by atoms with E-state index in [1.165, 1.54) is 6.07 Å². The molecule has 0 saturated heterocycles. The predicted octanol–water partition coefficient (Wildman–Crippen LogP) is 6.32. The number of hydrogen-bond donors (Lipinski definition) is 1. The Hall–Kier alpha value is -3.16.